The summed E-state index contributed by atoms with van der Waals surface area (Å²) in [7, 11) is 0. The predicted molar refractivity (Wildman–Crippen MR) is 44.3 cm³/mol. The van der Waals surface area contributed by atoms with E-state index in [0.29, 0.717) is 15.7 Å². The molecular formula is C6H6Cl3N2-. The van der Waals surface area contributed by atoms with Gasteiger partial charge in [-0.15, -0.1) is 0 Å². The highest BCUT2D eigenvalue weighted by Gasteiger charge is 1.96. The van der Waals surface area contributed by atoms with Crippen molar-refractivity contribution in [1.82, 2.24) is 0 Å². The van der Waals surface area contributed by atoms with Crippen molar-refractivity contribution >= 4 is 28.9 Å². The van der Waals surface area contributed by atoms with Crippen molar-refractivity contribution in [2.24, 2.45) is 5.84 Å². The van der Waals surface area contributed by atoms with Gasteiger partial charge in [0.05, 0.1) is 10.7 Å². The van der Waals surface area contributed by atoms with E-state index in [1.54, 1.807) is 18.2 Å². The Morgan fingerprint density at radius 2 is 1.91 bits per heavy atom. The first-order chi connectivity index (χ1) is 4.74. The number of rotatable bonds is 1. The van der Waals surface area contributed by atoms with Crippen LogP contribution < -0.4 is 23.7 Å². The third-order valence-corrected chi connectivity index (χ3v) is 1.65. The van der Waals surface area contributed by atoms with Crippen molar-refractivity contribution in [2.75, 3.05) is 5.43 Å². The van der Waals surface area contributed by atoms with Crippen LogP contribution in [0.25, 0.3) is 0 Å². The van der Waals surface area contributed by atoms with Crippen LogP contribution in [0.1, 0.15) is 0 Å². The summed E-state index contributed by atoms with van der Waals surface area (Å²) in [5.41, 5.74) is 3.05. The maximum absolute atomic E-state index is 5.70. The van der Waals surface area contributed by atoms with E-state index in [1.807, 2.05) is 0 Å². The van der Waals surface area contributed by atoms with Crippen LogP contribution in [0.5, 0.6) is 0 Å². The molecule has 0 fully saturated rings. The Hall–Kier alpha value is -0.150. The van der Waals surface area contributed by atoms with Crippen LogP contribution in [0.4, 0.5) is 5.69 Å². The number of nitrogens with one attached hydrogen (secondary N) is 1. The lowest BCUT2D eigenvalue weighted by Gasteiger charge is -2.01. The Morgan fingerprint density at radius 1 is 1.27 bits per heavy atom. The molecule has 0 saturated carbocycles. The van der Waals surface area contributed by atoms with E-state index in [4.69, 9.17) is 29.0 Å². The molecule has 2 nitrogen and oxygen atoms in total. The van der Waals surface area contributed by atoms with Gasteiger partial charge in [-0.05, 0) is 18.2 Å². The molecule has 0 aliphatic heterocycles. The quantitative estimate of drug-likeness (QED) is 0.476. The fourth-order valence-electron chi connectivity index (χ4n) is 0.608. The average molecular weight is 212 g/mol. The minimum absolute atomic E-state index is 0. The van der Waals surface area contributed by atoms with Crippen molar-refractivity contribution in [3.8, 4) is 0 Å². The zero-order valence-corrected chi connectivity index (χ0v) is 7.71. The molecule has 1 aromatic rings. The highest BCUT2D eigenvalue weighted by Crippen LogP contribution is 2.23. The zero-order valence-electron chi connectivity index (χ0n) is 5.44. The number of hydrazine groups is 1. The molecule has 0 unspecified atom stereocenters. The smallest absolute Gasteiger partial charge is 0.0686 e. The molecule has 0 bridgehead atoms. The van der Waals surface area contributed by atoms with Crippen LogP contribution in [0.3, 0.4) is 0 Å². The molecule has 0 heterocycles. The number of anilines is 1. The van der Waals surface area contributed by atoms with E-state index in [9.17, 15) is 0 Å². The van der Waals surface area contributed by atoms with Gasteiger partial charge in [0.1, 0.15) is 0 Å². The minimum atomic E-state index is 0. The van der Waals surface area contributed by atoms with Crippen molar-refractivity contribution in [2.45, 2.75) is 0 Å². The monoisotopic (exact) mass is 211 g/mol. The summed E-state index contributed by atoms with van der Waals surface area (Å²) in [6, 6.07) is 5.04. The summed E-state index contributed by atoms with van der Waals surface area (Å²) in [6.45, 7) is 0. The van der Waals surface area contributed by atoms with Gasteiger partial charge in [-0.1, -0.05) is 23.2 Å². The average Bonchev–Trinajstić information content (AvgIpc) is 1.94. The number of benzene rings is 1. The van der Waals surface area contributed by atoms with Crippen molar-refractivity contribution in [1.29, 1.82) is 0 Å². The molecule has 1 rings (SSSR count). The van der Waals surface area contributed by atoms with Gasteiger partial charge in [-0.3, -0.25) is 5.84 Å². The Balaban J connectivity index is 0.000001000. The number of hydrogen-bond acceptors (Lipinski definition) is 2. The molecule has 0 atom stereocenters. The molecule has 3 N–H and O–H groups in total. The fraction of sp³-hybridized carbons (Fsp3) is 0. The van der Waals surface area contributed by atoms with Crippen molar-refractivity contribution in [3.05, 3.63) is 28.2 Å². The number of nitrogen functional groups attached to an aromatic ring is 1. The molecule has 11 heavy (non-hydrogen) atoms. The van der Waals surface area contributed by atoms with E-state index >= 15 is 0 Å². The molecule has 0 aromatic heterocycles. The number of nitrogens with two attached hydrogens (primary N) is 1. The predicted octanol–water partition coefficient (Wildman–Crippen LogP) is -0.717. The molecule has 0 radical (unpaired) electrons. The van der Waals surface area contributed by atoms with Crippen LogP contribution in [0.15, 0.2) is 18.2 Å². The largest absolute Gasteiger partial charge is 1.00 e. The van der Waals surface area contributed by atoms with E-state index < -0.39 is 0 Å². The maximum Gasteiger partial charge on any atom is 0.0686 e. The van der Waals surface area contributed by atoms with Crippen LogP contribution in [-0.4, -0.2) is 0 Å². The summed E-state index contributed by atoms with van der Waals surface area (Å²) < 4.78 is 0. The molecule has 0 saturated heterocycles. The summed E-state index contributed by atoms with van der Waals surface area (Å²) in [4.78, 5) is 0. The first kappa shape index (κ1) is 10.8. The number of halogens is 3. The summed E-state index contributed by atoms with van der Waals surface area (Å²) in [5, 5.41) is 1.17. The van der Waals surface area contributed by atoms with Gasteiger partial charge in [-0.25, -0.2) is 0 Å². The second-order valence-corrected chi connectivity index (χ2v) is 2.61. The molecule has 0 spiro atoms. The SMILES string of the molecule is NNc1cc(Cl)ccc1Cl.[Cl-]. The van der Waals surface area contributed by atoms with Crippen LogP contribution in [0, 0.1) is 0 Å². The Kier molecular flexibility index (Phi) is 4.61. The molecule has 5 heteroatoms. The van der Waals surface area contributed by atoms with E-state index in [0.717, 1.165) is 0 Å². The fourth-order valence-corrected chi connectivity index (χ4v) is 0.952. The standard InChI is InChI=1S/C6H6Cl2N2.ClH/c7-4-1-2-5(8)6(3-4)10-9;/h1-3,10H,9H2;1H/p-1. The van der Waals surface area contributed by atoms with Gasteiger partial charge in [0.25, 0.3) is 0 Å². The zero-order chi connectivity index (χ0) is 7.56. The first-order valence-electron chi connectivity index (χ1n) is 2.65. The second kappa shape index (κ2) is 4.67. The molecule has 0 aliphatic rings. The van der Waals surface area contributed by atoms with Gasteiger partial charge in [0, 0.05) is 5.02 Å². The lowest BCUT2D eigenvalue weighted by molar-refractivity contribution is -0.00000191. The van der Waals surface area contributed by atoms with Gasteiger partial charge in [-0.2, -0.15) is 0 Å². The highest BCUT2D eigenvalue weighted by molar-refractivity contribution is 6.35. The van der Waals surface area contributed by atoms with Crippen molar-refractivity contribution in [3.63, 3.8) is 0 Å². The summed E-state index contributed by atoms with van der Waals surface area (Å²) in [5.74, 6) is 5.13. The Labute approximate surface area is 81.1 Å². The third kappa shape index (κ3) is 2.75. The van der Waals surface area contributed by atoms with Gasteiger partial charge in [0.2, 0.25) is 0 Å². The topological polar surface area (TPSA) is 38.0 Å². The molecule has 0 aliphatic carbocycles. The van der Waals surface area contributed by atoms with Gasteiger partial charge < -0.3 is 17.8 Å². The normalized spacial score (nSPS) is 8.64. The molecule has 1 aromatic carbocycles. The number of hydrogen-bond donors (Lipinski definition) is 2. The van der Waals surface area contributed by atoms with Crippen LogP contribution in [-0.2, 0) is 0 Å². The van der Waals surface area contributed by atoms with Gasteiger partial charge >= 0.3 is 0 Å². The minimum Gasteiger partial charge on any atom is -1.00 e. The van der Waals surface area contributed by atoms with E-state index in [2.05, 4.69) is 5.43 Å². The van der Waals surface area contributed by atoms with E-state index in [1.165, 1.54) is 0 Å². The van der Waals surface area contributed by atoms with Crippen LogP contribution in [0.2, 0.25) is 10.0 Å². The molecular weight excluding hydrogens is 206 g/mol. The second-order valence-electron chi connectivity index (χ2n) is 1.77. The summed E-state index contributed by atoms with van der Waals surface area (Å²) in [6.07, 6.45) is 0. The van der Waals surface area contributed by atoms with Crippen LogP contribution >= 0.6 is 23.2 Å². The first-order valence-corrected chi connectivity index (χ1v) is 3.41. The van der Waals surface area contributed by atoms with Gasteiger partial charge in [0.15, 0.2) is 0 Å². The molecule has 0 amide bonds. The Bertz CT molecular complexity index is 239. The maximum atomic E-state index is 5.70. The van der Waals surface area contributed by atoms with E-state index in [-0.39, 0.29) is 12.4 Å². The highest BCUT2D eigenvalue weighted by atomic mass is 35.5. The lowest BCUT2D eigenvalue weighted by Crippen LogP contribution is -3.00. The summed E-state index contributed by atoms with van der Waals surface area (Å²) >= 11 is 11.3. The molecule has 62 valence electrons. The van der Waals surface area contributed by atoms with Crippen molar-refractivity contribution < 1.29 is 12.4 Å². The lowest BCUT2D eigenvalue weighted by atomic mass is 10.3. The Morgan fingerprint density at radius 3 is 2.36 bits per heavy atom. The third-order valence-electron chi connectivity index (χ3n) is 1.08.